The van der Waals surface area contributed by atoms with Gasteiger partial charge in [0.2, 0.25) is 0 Å². The van der Waals surface area contributed by atoms with Crippen molar-refractivity contribution >= 4 is 31.5 Å². The molecular weight excluding hydrogens is 232 g/mol. The largest absolute Gasteiger partial charge is 0.131 e. The van der Waals surface area contributed by atoms with Crippen molar-refractivity contribution in [2.24, 2.45) is 0 Å². The van der Waals surface area contributed by atoms with Gasteiger partial charge in [-0.2, -0.15) is 0 Å². The summed E-state index contributed by atoms with van der Waals surface area (Å²) in [6.07, 6.45) is 4.51. The van der Waals surface area contributed by atoms with Gasteiger partial charge in [-0.1, -0.05) is 50.0 Å². The van der Waals surface area contributed by atoms with E-state index in [1.165, 1.54) is 12.8 Å². The van der Waals surface area contributed by atoms with Gasteiger partial charge in [-0.15, -0.1) is 15.3 Å². The second-order valence-corrected chi connectivity index (χ2v) is 14.2. The number of rotatable bonds is 3. The Balaban J connectivity index is 2.12. The number of halogens is 1. The van der Waals surface area contributed by atoms with E-state index in [0.717, 1.165) is 0 Å². The first kappa shape index (κ1) is 10.00. The van der Waals surface area contributed by atoms with E-state index in [9.17, 15) is 0 Å². The average molecular weight is 251 g/mol. The van der Waals surface area contributed by atoms with Crippen molar-refractivity contribution in [3.05, 3.63) is 0 Å². The van der Waals surface area contributed by atoms with Gasteiger partial charge in [0.1, 0.15) is 7.42 Å². The summed E-state index contributed by atoms with van der Waals surface area (Å²) >= 11 is 3.89. The third-order valence-corrected chi connectivity index (χ3v) is 15.6. The molecule has 0 saturated carbocycles. The highest BCUT2D eigenvalue weighted by molar-refractivity contribution is 9.24. The second-order valence-electron chi connectivity index (χ2n) is 3.77. The molecule has 0 bridgehead atoms. The molecule has 0 N–H and O–H groups in total. The quantitative estimate of drug-likeness (QED) is 0.534. The first-order chi connectivity index (χ1) is 5.33. The number of unbranched alkanes of at least 4 members (excludes halogenated alkanes) is 1. The van der Waals surface area contributed by atoms with Gasteiger partial charge in [0.05, 0.1) is 0 Å². The van der Waals surface area contributed by atoms with Gasteiger partial charge in [0.25, 0.3) is 0 Å². The highest BCUT2D eigenvalue weighted by Crippen LogP contribution is 2.26. The minimum atomic E-state index is -0.321. The maximum atomic E-state index is 3.89. The van der Waals surface area contributed by atoms with E-state index in [1.54, 1.807) is 30.2 Å². The molecule has 1 heterocycles. The van der Waals surface area contributed by atoms with Crippen LogP contribution in [0, 0.1) is 0 Å². The lowest BCUT2D eigenvalue weighted by Gasteiger charge is -2.23. The Labute approximate surface area is 81.6 Å². The van der Waals surface area contributed by atoms with Crippen LogP contribution in [0.3, 0.4) is 0 Å². The fourth-order valence-corrected chi connectivity index (χ4v) is 16.7. The molecule has 2 unspecified atom stereocenters. The second kappa shape index (κ2) is 5.54. The third-order valence-electron chi connectivity index (χ3n) is 2.68. The molecule has 11 heavy (non-hydrogen) atoms. The molecule has 0 amide bonds. The maximum Gasteiger partial charge on any atom is 0.111 e. The van der Waals surface area contributed by atoms with Gasteiger partial charge >= 0.3 is 0 Å². The van der Waals surface area contributed by atoms with Crippen molar-refractivity contribution in [3.8, 4) is 0 Å². The zero-order valence-electron chi connectivity index (χ0n) is 7.48. The zero-order valence-corrected chi connectivity index (χ0v) is 11.4. The van der Waals surface area contributed by atoms with E-state index < -0.39 is 0 Å². The normalized spacial score (nSPS) is 32.2. The van der Waals surface area contributed by atoms with E-state index in [0.29, 0.717) is 0 Å². The van der Waals surface area contributed by atoms with Gasteiger partial charge in [0, 0.05) is 8.80 Å². The van der Waals surface area contributed by atoms with Crippen LogP contribution in [0.1, 0.15) is 26.2 Å². The van der Waals surface area contributed by atoms with Crippen LogP contribution in [0.4, 0.5) is 0 Å². The monoisotopic (exact) mass is 250 g/mol. The smallest absolute Gasteiger partial charge is 0.111 e. The lowest BCUT2D eigenvalue weighted by atomic mass is 10.4. The minimum absolute atomic E-state index is 0.187. The van der Waals surface area contributed by atoms with E-state index in [4.69, 9.17) is 0 Å². The molecule has 0 aromatic carbocycles. The zero-order chi connectivity index (χ0) is 8.10. The van der Waals surface area contributed by atoms with Crippen LogP contribution < -0.4 is 0 Å². The van der Waals surface area contributed by atoms with Gasteiger partial charge in [-0.05, 0) is 0 Å². The molecule has 1 rings (SSSR count). The first-order valence-corrected chi connectivity index (χ1v) is 12.2. The molecule has 66 valence electrons. The van der Waals surface area contributed by atoms with E-state index in [-0.39, 0.29) is 16.2 Å². The van der Waals surface area contributed by atoms with Gasteiger partial charge in [0.15, 0.2) is 0 Å². The molecule has 3 heteroatoms. The van der Waals surface area contributed by atoms with Crippen LogP contribution in [0.2, 0.25) is 23.8 Å². The fraction of sp³-hybridized carbons (Fsp3) is 1.00. The molecule has 0 radical (unpaired) electrons. The van der Waals surface area contributed by atoms with E-state index in [2.05, 4.69) is 22.2 Å². The molecule has 2 atom stereocenters. The van der Waals surface area contributed by atoms with Crippen molar-refractivity contribution < 1.29 is 0 Å². The molecule has 0 aliphatic carbocycles. The van der Waals surface area contributed by atoms with Crippen molar-refractivity contribution in [2.75, 3.05) is 0 Å². The van der Waals surface area contributed by atoms with E-state index in [1.807, 2.05) is 0 Å². The Morgan fingerprint density at radius 2 is 2.18 bits per heavy atom. The predicted molar refractivity (Wildman–Crippen MR) is 62.0 cm³/mol. The Bertz CT molecular complexity index is 108. The van der Waals surface area contributed by atoms with Crippen LogP contribution >= 0.6 is 15.3 Å². The summed E-state index contributed by atoms with van der Waals surface area (Å²) in [6.45, 7) is 2.32. The molecule has 1 saturated heterocycles. The van der Waals surface area contributed by atoms with Crippen molar-refractivity contribution in [1.29, 1.82) is 0 Å². The van der Waals surface area contributed by atoms with Gasteiger partial charge in [-0.25, -0.2) is 0 Å². The minimum Gasteiger partial charge on any atom is -0.131 e. The Kier molecular flexibility index (Phi) is 5.04. The summed E-state index contributed by atoms with van der Waals surface area (Å²) in [5, 5.41) is 0. The lowest BCUT2D eigenvalue weighted by Crippen LogP contribution is -2.24. The topological polar surface area (TPSA) is 0 Å². The summed E-state index contributed by atoms with van der Waals surface area (Å²) in [7, 11) is -0.508. The molecule has 0 aromatic heterocycles. The summed E-state index contributed by atoms with van der Waals surface area (Å²) < 4.78 is 0. The highest BCUT2D eigenvalue weighted by atomic mass is 79.9. The van der Waals surface area contributed by atoms with Gasteiger partial charge < -0.3 is 0 Å². The number of hydrogen-bond acceptors (Lipinski definition) is 0. The number of hydrogen-bond donors (Lipinski definition) is 0. The van der Waals surface area contributed by atoms with Crippen LogP contribution in [0.15, 0.2) is 0 Å². The summed E-state index contributed by atoms with van der Waals surface area (Å²) in [5.41, 5.74) is 1.71. The van der Waals surface area contributed by atoms with Gasteiger partial charge in [-0.3, -0.25) is 0 Å². The van der Waals surface area contributed by atoms with Crippen molar-refractivity contribution in [2.45, 2.75) is 50.0 Å². The van der Waals surface area contributed by atoms with Crippen molar-refractivity contribution in [1.82, 2.24) is 0 Å². The standard InChI is InChI=1S/C8H19BrSi2/c1-2-3-5-10-6-4-7-11(9)8-10/h10-11H,2-8H2,1H3. The van der Waals surface area contributed by atoms with Crippen LogP contribution in [-0.4, -0.2) is 16.2 Å². The summed E-state index contributed by atoms with van der Waals surface area (Å²) in [4.78, 5) is 0. The van der Waals surface area contributed by atoms with Crippen LogP contribution in [-0.2, 0) is 0 Å². The molecular formula is C8H19BrSi2. The third kappa shape index (κ3) is 3.90. The first-order valence-electron chi connectivity index (χ1n) is 4.97. The van der Waals surface area contributed by atoms with E-state index >= 15 is 0 Å². The molecule has 0 nitrogen and oxygen atoms in total. The fourth-order valence-electron chi connectivity index (χ4n) is 1.98. The molecule has 1 fully saturated rings. The average Bonchev–Trinajstić information content (AvgIpc) is 2.01. The lowest BCUT2D eigenvalue weighted by molar-refractivity contribution is 0.862. The molecule has 1 aliphatic rings. The predicted octanol–water partition coefficient (Wildman–Crippen LogP) is 3.08. The molecule has 0 spiro atoms. The molecule has 0 aromatic rings. The Morgan fingerprint density at radius 1 is 1.36 bits per heavy atom. The summed E-state index contributed by atoms with van der Waals surface area (Å²) in [6, 6.07) is 4.89. The maximum absolute atomic E-state index is 3.89. The Hall–Kier alpha value is 0.914. The highest BCUT2D eigenvalue weighted by Gasteiger charge is 2.21. The van der Waals surface area contributed by atoms with Crippen molar-refractivity contribution in [3.63, 3.8) is 0 Å². The molecule has 1 aliphatic heterocycles. The van der Waals surface area contributed by atoms with Crippen LogP contribution in [0.5, 0.6) is 0 Å². The SMILES string of the molecule is CCCC[SiH]1CCC[SiH](Br)C1. The van der Waals surface area contributed by atoms with Crippen LogP contribution in [0.25, 0.3) is 0 Å². The summed E-state index contributed by atoms with van der Waals surface area (Å²) in [5.74, 6) is 0. The Morgan fingerprint density at radius 3 is 2.82 bits per heavy atom.